The van der Waals surface area contributed by atoms with Gasteiger partial charge in [-0.2, -0.15) is 41.6 Å². The van der Waals surface area contributed by atoms with E-state index < -0.39 is 20.8 Å². The van der Waals surface area contributed by atoms with Crippen LogP contribution in [0, 0.1) is 33.8 Å². The first kappa shape index (κ1) is 49.6. The average molecular weight is 976 g/mol. The summed E-state index contributed by atoms with van der Waals surface area (Å²) in [4.78, 5) is 0. The Morgan fingerprint density at radius 3 is 1.39 bits per heavy atom. The van der Waals surface area contributed by atoms with Gasteiger partial charge < -0.3 is 0 Å². The second kappa shape index (κ2) is 21.7. The largest absolute Gasteiger partial charge is 0.184 e. The van der Waals surface area contributed by atoms with Crippen molar-refractivity contribution in [2.75, 3.05) is 0 Å². The molecule has 0 saturated carbocycles. The molecule has 0 fully saturated rings. The number of benzene rings is 6. The molecule has 0 saturated heterocycles. The molecule has 0 aliphatic carbocycles. The van der Waals surface area contributed by atoms with E-state index in [1.54, 1.807) is 0 Å². The van der Waals surface area contributed by atoms with Crippen LogP contribution >= 0.6 is 17.0 Å². The molecule has 1 heterocycles. The van der Waals surface area contributed by atoms with Gasteiger partial charge in [0.15, 0.2) is 0 Å². The van der Waals surface area contributed by atoms with E-state index in [4.69, 9.17) is 17.0 Å². The summed E-state index contributed by atoms with van der Waals surface area (Å²) < 4.78 is 0. The molecule has 330 valence electrons. The maximum absolute atomic E-state index is 4.93. The first-order chi connectivity index (χ1) is 30.4. The van der Waals surface area contributed by atoms with Gasteiger partial charge in [-0.3, -0.25) is 0 Å². The van der Waals surface area contributed by atoms with Crippen molar-refractivity contribution in [1.82, 2.24) is 0 Å². The summed E-state index contributed by atoms with van der Waals surface area (Å²) in [7, 11) is 10.7. The van der Waals surface area contributed by atoms with Gasteiger partial charge in [-0.15, -0.1) is 74.6 Å². The van der Waals surface area contributed by atoms with Crippen molar-refractivity contribution in [2.45, 2.75) is 120 Å². The Balaban J connectivity index is 0.000000160. The monoisotopic (exact) mass is 973 g/mol. The number of aryl methyl sites for hydroxylation is 6. The molecule has 0 amide bonds. The zero-order valence-electron chi connectivity index (χ0n) is 40.2. The van der Waals surface area contributed by atoms with Gasteiger partial charge in [-0.1, -0.05) is 184 Å². The van der Waals surface area contributed by atoms with Crippen molar-refractivity contribution in [1.29, 1.82) is 0 Å². The smallest absolute Gasteiger partial charge is 0.0920 e. The Kier molecular flexibility index (Phi) is 16.8. The minimum atomic E-state index is -0.826. The van der Waals surface area contributed by atoms with Crippen molar-refractivity contribution in [3.63, 3.8) is 0 Å². The summed E-state index contributed by atoms with van der Waals surface area (Å²) in [5, 5.41) is 8.39. The Bertz CT molecular complexity index is 2610. The molecule has 4 heteroatoms. The fourth-order valence-corrected chi connectivity index (χ4v) is 10.4. The Labute approximate surface area is 407 Å². The van der Waals surface area contributed by atoms with Crippen LogP contribution < -0.4 is 10.4 Å². The van der Waals surface area contributed by atoms with Crippen LogP contribution in [-0.2, 0) is 44.5 Å². The van der Waals surface area contributed by atoms with E-state index in [-0.39, 0.29) is 10.8 Å². The van der Waals surface area contributed by atoms with E-state index in [9.17, 15) is 0 Å². The Hall–Kier alpha value is -3.78. The summed E-state index contributed by atoms with van der Waals surface area (Å²) in [5.74, 6) is 0. The first-order valence-electron chi connectivity index (χ1n) is 22.9. The topological polar surface area (TPSA) is 0 Å². The molecule has 8 aromatic carbocycles. The van der Waals surface area contributed by atoms with E-state index >= 15 is 0 Å². The zero-order valence-corrected chi connectivity index (χ0v) is 45.2. The van der Waals surface area contributed by atoms with Crippen LogP contribution in [0.2, 0.25) is 0 Å². The van der Waals surface area contributed by atoms with Gasteiger partial charge in [0.1, 0.15) is 0 Å². The molecule has 9 rings (SSSR count). The molecule has 0 aromatic heterocycles. The minimum absolute atomic E-state index is 0.184. The third kappa shape index (κ3) is 12.0. The molecular formula is C60H65Cl2SiZr-3. The van der Waals surface area contributed by atoms with E-state index in [2.05, 4.69) is 210 Å². The predicted octanol–water partition coefficient (Wildman–Crippen LogP) is 16.7. The van der Waals surface area contributed by atoms with Gasteiger partial charge in [-0.05, 0) is 62.5 Å². The molecule has 1 aliphatic heterocycles. The van der Waals surface area contributed by atoms with Gasteiger partial charge >= 0.3 is 37.9 Å². The fraction of sp³-hybridized carbons (Fsp3) is 0.300. The second-order valence-corrected chi connectivity index (χ2v) is 24.7. The summed E-state index contributed by atoms with van der Waals surface area (Å²) >= 11 is -0.826. The van der Waals surface area contributed by atoms with Crippen LogP contribution in [0.25, 0.3) is 54.9 Å². The summed E-state index contributed by atoms with van der Waals surface area (Å²) in [6.07, 6.45) is 4.62. The molecule has 2 radical (unpaired) electrons. The van der Waals surface area contributed by atoms with Crippen molar-refractivity contribution in [2.24, 2.45) is 0 Å². The third-order valence-electron chi connectivity index (χ3n) is 12.1. The fourth-order valence-electron chi connectivity index (χ4n) is 9.12. The van der Waals surface area contributed by atoms with Crippen molar-refractivity contribution >= 4 is 58.5 Å². The molecule has 8 aromatic rings. The van der Waals surface area contributed by atoms with E-state index in [0.29, 0.717) is 0 Å². The predicted molar refractivity (Wildman–Crippen MR) is 282 cm³/mol. The van der Waals surface area contributed by atoms with Crippen molar-refractivity contribution in [3.8, 4) is 33.4 Å². The van der Waals surface area contributed by atoms with Crippen molar-refractivity contribution in [3.05, 3.63) is 178 Å². The number of hydrogen-bond donors (Lipinski definition) is 0. The summed E-state index contributed by atoms with van der Waals surface area (Å²) in [6.45, 7) is 27.1. The van der Waals surface area contributed by atoms with Gasteiger partial charge in [0.2, 0.25) is 0 Å². The number of rotatable bonds is 6. The molecule has 0 unspecified atom stereocenters. The minimum Gasteiger partial charge on any atom is -0.184 e. The van der Waals surface area contributed by atoms with Gasteiger partial charge in [0, 0.05) is 0 Å². The van der Waals surface area contributed by atoms with Crippen LogP contribution in [0.1, 0.15) is 113 Å². The molecule has 64 heavy (non-hydrogen) atoms. The normalized spacial score (nSPS) is 11.8. The van der Waals surface area contributed by atoms with E-state index in [1.165, 1.54) is 123 Å². The summed E-state index contributed by atoms with van der Waals surface area (Å²) in [6, 6.07) is 50.9. The van der Waals surface area contributed by atoms with Crippen LogP contribution in [0.5, 0.6) is 0 Å². The van der Waals surface area contributed by atoms with Crippen LogP contribution in [0.4, 0.5) is 0 Å². The van der Waals surface area contributed by atoms with Crippen molar-refractivity contribution < 1.29 is 20.8 Å². The van der Waals surface area contributed by atoms with Crippen LogP contribution in [0.15, 0.2) is 127 Å². The number of fused-ring (bicyclic) bond motifs is 5. The molecule has 0 nitrogen and oxygen atoms in total. The molecule has 1 aliphatic rings. The number of hydrogen-bond acceptors (Lipinski definition) is 0. The Morgan fingerprint density at radius 2 is 0.969 bits per heavy atom. The van der Waals surface area contributed by atoms with Crippen LogP contribution in [0.3, 0.4) is 0 Å². The zero-order chi connectivity index (χ0) is 46.3. The van der Waals surface area contributed by atoms with E-state index in [1.807, 2.05) is 6.07 Å². The molecular weight excluding hydrogens is 911 g/mol. The van der Waals surface area contributed by atoms with Gasteiger partial charge in [0.05, 0.1) is 9.52 Å². The average Bonchev–Trinajstić information content (AvgIpc) is 3.97. The van der Waals surface area contributed by atoms with Crippen LogP contribution in [-0.4, -0.2) is 9.52 Å². The molecule has 0 N–H and O–H groups in total. The van der Waals surface area contributed by atoms with E-state index in [0.717, 1.165) is 22.4 Å². The number of halogens is 2. The standard InChI is InChI=1S/2C24H29.C12H7Si.2ClH.Zr/c2*1-7-8-18-9-10-19-14-21(24(4,5)6)15-22(19)23(18)20-12-16(2)11-17(3)13-20;1-3-7-11-9(5-1)10-6-2-4-8-12(10)13-11;;;/h2*9-15H,7-8H2,1-6H3;1-7H;2*1H;/q3*-1;;;+2/p-2. The molecule has 0 atom stereocenters. The van der Waals surface area contributed by atoms with Gasteiger partial charge in [-0.25, -0.2) is 0 Å². The third-order valence-corrected chi connectivity index (χ3v) is 13.4. The quantitative estimate of drug-likeness (QED) is 0.115. The maximum atomic E-state index is 4.93. The first-order valence-corrected chi connectivity index (χ1v) is 30.2. The SMILES string of the molecule is CCCc1ccc2[cH-]c(C(C)(C)C)cc2c1-c1cc(C)cc(C)c1.CCCc1ccc2[cH-]c(C(C)(C)C)cc2c1-c1cc(C)cc(C)c1.[Cl][Zr][Cl].[c-]1cccc2c1[Si]c1ccccc1-2. The molecule has 0 spiro atoms. The maximum Gasteiger partial charge on any atom is 0.0920 e. The second-order valence-electron chi connectivity index (χ2n) is 19.6. The Morgan fingerprint density at radius 1 is 0.547 bits per heavy atom. The molecule has 0 bridgehead atoms. The summed E-state index contributed by atoms with van der Waals surface area (Å²) in [5.41, 5.74) is 19.9. The van der Waals surface area contributed by atoms with Gasteiger partial charge in [0.25, 0.3) is 0 Å².